The Labute approximate surface area is 118 Å². The number of rotatable bonds is 3. The standard InChI is InChI=1S/C14H16N4S/c15-10-12(13(16)18-8-4-5-9-18)14(19)17-11-6-2-1-3-7-11/h1-3,6-7H,4-5,8-9,16H2,(H,17,19)/b13-12+. The number of likely N-dealkylation sites (tertiary alicyclic amines) is 1. The molecule has 19 heavy (non-hydrogen) atoms. The predicted octanol–water partition coefficient (Wildman–Crippen LogP) is 2.22. The van der Waals surface area contributed by atoms with E-state index in [1.165, 1.54) is 0 Å². The number of benzene rings is 1. The van der Waals surface area contributed by atoms with Gasteiger partial charge in [0.1, 0.15) is 22.5 Å². The third kappa shape index (κ3) is 3.24. The van der Waals surface area contributed by atoms with Crippen molar-refractivity contribution in [3.05, 3.63) is 41.7 Å². The van der Waals surface area contributed by atoms with Crippen LogP contribution in [0.25, 0.3) is 0 Å². The molecule has 5 heteroatoms. The third-order valence-corrected chi connectivity index (χ3v) is 3.38. The largest absolute Gasteiger partial charge is 0.384 e. The summed E-state index contributed by atoms with van der Waals surface area (Å²) in [5, 5.41) is 12.3. The van der Waals surface area contributed by atoms with Crippen molar-refractivity contribution in [2.75, 3.05) is 18.4 Å². The van der Waals surface area contributed by atoms with Crippen molar-refractivity contribution in [1.82, 2.24) is 4.90 Å². The SMILES string of the molecule is N#C/C(C(=S)Nc1ccccc1)=C(/N)N1CCCC1. The van der Waals surface area contributed by atoms with Crippen molar-refractivity contribution in [3.63, 3.8) is 0 Å². The van der Waals surface area contributed by atoms with Crippen molar-refractivity contribution in [2.24, 2.45) is 5.73 Å². The Bertz CT molecular complexity index is 524. The second-order valence-electron chi connectivity index (χ2n) is 4.39. The molecule has 1 aromatic rings. The average Bonchev–Trinajstić information content (AvgIpc) is 2.94. The maximum Gasteiger partial charge on any atom is 0.127 e. The van der Waals surface area contributed by atoms with Crippen LogP contribution in [0.4, 0.5) is 5.69 Å². The van der Waals surface area contributed by atoms with E-state index in [0.717, 1.165) is 31.6 Å². The molecule has 0 spiro atoms. The Kier molecular flexibility index (Phi) is 4.37. The van der Waals surface area contributed by atoms with Crippen molar-refractivity contribution in [3.8, 4) is 6.07 Å². The smallest absolute Gasteiger partial charge is 0.127 e. The molecule has 0 aromatic heterocycles. The fraction of sp³-hybridized carbons (Fsp3) is 0.286. The molecule has 0 atom stereocenters. The molecule has 0 aliphatic carbocycles. The van der Waals surface area contributed by atoms with E-state index in [1.807, 2.05) is 35.2 Å². The second kappa shape index (κ2) is 6.21. The van der Waals surface area contributed by atoms with Crippen LogP contribution in [0.3, 0.4) is 0 Å². The number of hydrogen-bond acceptors (Lipinski definition) is 4. The van der Waals surface area contributed by atoms with Gasteiger partial charge in [0.25, 0.3) is 0 Å². The Morgan fingerprint density at radius 1 is 1.26 bits per heavy atom. The summed E-state index contributed by atoms with van der Waals surface area (Å²) in [7, 11) is 0. The highest BCUT2D eigenvalue weighted by Gasteiger charge is 2.18. The zero-order valence-electron chi connectivity index (χ0n) is 10.6. The van der Waals surface area contributed by atoms with E-state index in [1.54, 1.807) is 0 Å². The Morgan fingerprint density at radius 2 is 1.89 bits per heavy atom. The molecule has 1 aromatic carbocycles. The van der Waals surface area contributed by atoms with Crippen LogP contribution in [-0.2, 0) is 0 Å². The molecule has 0 unspecified atom stereocenters. The second-order valence-corrected chi connectivity index (χ2v) is 4.79. The highest BCUT2D eigenvalue weighted by molar-refractivity contribution is 7.81. The molecule has 1 saturated heterocycles. The summed E-state index contributed by atoms with van der Waals surface area (Å²) in [6.07, 6.45) is 2.22. The van der Waals surface area contributed by atoms with Gasteiger partial charge >= 0.3 is 0 Å². The van der Waals surface area contributed by atoms with Crippen molar-refractivity contribution >= 4 is 22.9 Å². The van der Waals surface area contributed by atoms with E-state index in [2.05, 4.69) is 11.4 Å². The van der Waals surface area contributed by atoms with Crippen LogP contribution >= 0.6 is 12.2 Å². The lowest BCUT2D eigenvalue weighted by molar-refractivity contribution is 0.420. The van der Waals surface area contributed by atoms with Crippen LogP contribution in [0, 0.1) is 11.3 Å². The molecule has 1 aliphatic rings. The lowest BCUT2D eigenvalue weighted by atomic mass is 10.2. The summed E-state index contributed by atoms with van der Waals surface area (Å²) < 4.78 is 0. The van der Waals surface area contributed by atoms with Gasteiger partial charge in [0.2, 0.25) is 0 Å². The van der Waals surface area contributed by atoms with Crippen molar-refractivity contribution in [1.29, 1.82) is 5.26 Å². The van der Waals surface area contributed by atoms with E-state index >= 15 is 0 Å². The summed E-state index contributed by atoms with van der Waals surface area (Å²) in [4.78, 5) is 2.38. The van der Waals surface area contributed by atoms with E-state index in [9.17, 15) is 5.26 Å². The zero-order valence-corrected chi connectivity index (χ0v) is 11.4. The third-order valence-electron chi connectivity index (χ3n) is 3.07. The minimum Gasteiger partial charge on any atom is -0.384 e. The van der Waals surface area contributed by atoms with Crippen molar-refractivity contribution in [2.45, 2.75) is 12.8 Å². The molecule has 0 bridgehead atoms. The van der Waals surface area contributed by atoms with E-state index in [4.69, 9.17) is 18.0 Å². The molecule has 2 rings (SSSR count). The maximum absolute atomic E-state index is 9.26. The topological polar surface area (TPSA) is 65.1 Å². The molecular formula is C14H16N4S. The summed E-state index contributed by atoms with van der Waals surface area (Å²) in [6.45, 7) is 1.79. The first kappa shape index (κ1) is 13.4. The Morgan fingerprint density at radius 3 is 2.47 bits per heavy atom. The average molecular weight is 272 g/mol. The monoisotopic (exact) mass is 272 g/mol. The fourth-order valence-corrected chi connectivity index (χ4v) is 2.32. The van der Waals surface area contributed by atoms with Gasteiger partial charge < -0.3 is 16.0 Å². The fourth-order valence-electron chi connectivity index (χ4n) is 2.06. The van der Waals surface area contributed by atoms with Gasteiger partial charge in [0, 0.05) is 18.8 Å². The lowest BCUT2D eigenvalue weighted by Gasteiger charge is -2.19. The van der Waals surface area contributed by atoms with Crippen LogP contribution in [0.1, 0.15) is 12.8 Å². The van der Waals surface area contributed by atoms with Gasteiger partial charge in [-0.15, -0.1) is 0 Å². The molecule has 0 saturated carbocycles. The molecule has 1 heterocycles. The van der Waals surface area contributed by atoms with E-state index in [-0.39, 0.29) is 0 Å². The van der Waals surface area contributed by atoms with Gasteiger partial charge in [-0.2, -0.15) is 5.26 Å². The first-order valence-electron chi connectivity index (χ1n) is 6.23. The normalized spacial score (nSPS) is 15.6. The summed E-state index contributed by atoms with van der Waals surface area (Å²) in [6, 6.07) is 11.6. The number of hydrogen-bond donors (Lipinski definition) is 2. The minimum absolute atomic E-state index is 0.348. The summed E-state index contributed by atoms with van der Waals surface area (Å²) >= 11 is 5.27. The number of nitriles is 1. The summed E-state index contributed by atoms with van der Waals surface area (Å²) in [5.41, 5.74) is 7.25. The van der Waals surface area contributed by atoms with Gasteiger partial charge in [0.15, 0.2) is 0 Å². The maximum atomic E-state index is 9.26. The number of para-hydroxylation sites is 1. The Balaban J connectivity index is 2.15. The van der Waals surface area contributed by atoms with Gasteiger partial charge in [-0.1, -0.05) is 30.4 Å². The lowest BCUT2D eigenvalue weighted by Crippen LogP contribution is -2.29. The molecular weight excluding hydrogens is 256 g/mol. The van der Waals surface area contributed by atoms with Crippen LogP contribution < -0.4 is 11.1 Å². The highest BCUT2D eigenvalue weighted by atomic mass is 32.1. The summed E-state index contributed by atoms with van der Waals surface area (Å²) in [5.74, 6) is 0.480. The number of thiocarbonyl (C=S) groups is 1. The molecule has 1 fully saturated rings. The van der Waals surface area contributed by atoms with E-state index < -0.39 is 0 Å². The molecule has 98 valence electrons. The van der Waals surface area contributed by atoms with Gasteiger partial charge in [-0.05, 0) is 25.0 Å². The quantitative estimate of drug-likeness (QED) is 0.502. The molecule has 3 N–H and O–H groups in total. The molecule has 0 amide bonds. The Hall–Kier alpha value is -2.06. The van der Waals surface area contributed by atoms with Gasteiger partial charge in [-0.3, -0.25) is 0 Å². The first-order chi connectivity index (χ1) is 9.22. The highest BCUT2D eigenvalue weighted by Crippen LogP contribution is 2.16. The van der Waals surface area contributed by atoms with Crippen LogP contribution in [-0.4, -0.2) is 23.0 Å². The number of nitrogens with zero attached hydrogens (tertiary/aromatic N) is 2. The molecule has 4 nitrogen and oxygen atoms in total. The predicted molar refractivity (Wildman–Crippen MR) is 80.3 cm³/mol. The zero-order chi connectivity index (χ0) is 13.7. The number of nitrogens with one attached hydrogen (secondary N) is 1. The first-order valence-corrected chi connectivity index (χ1v) is 6.64. The molecule has 1 aliphatic heterocycles. The van der Waals surface area contributed by atoms with Crippen LogP contribution in [0.5, 0.6) is 0 Å². The molecule has 0 radical (unpaired) electrons. The number of nitrogens with two attached hydrogens (primary N) is 1. The van der Waals surface area contributed by atoms with Crippen LogP contribution in [0.15, 0.2) is 41.7 Å². The van der Waals surface area contributed by atoms with Crippen molar-refractivity contribution < 1.29 is 0 Å². The number of anilines is 1. The minimum atomic E-state index is 0.348. The van der Waals surface area contributed by atoms with E-state index in [0.29, 0.717) is 16.4 Å². The van der Waals surface area contributed by atoms with Gasteiger partial charge in [0.05, 0.1) is 0 Å². The van der Waals surface area contributed by atoms with Crippen LogP contribution in [0.2, 0.25) is 0 Å². The van der Waals surface area contributed by atoms with Gasteiger partial charge in [-0.25, -0.2) is 0 Å².